The van der Waals surface area contributed by atoms with Gasteiger partial charge in [-0.05, 0) is 40.0 Å². The molecular weight excluding hydrogens is 232 g/mol. The molecule has 2 aliphatic rings. The van der Waals surface area contributed by atoms with Crippen LogP contribution < -0.4 is 5.32 Å². The third kappa shape index (κ3) is 2.95. The number of hydrogen-bond acceptors (Lipinski definition) is 4. The molecule has 2 N–H and O–H groups in total. The Morgan fingerprint density at radius 3 is 2.78 bits per heavy atom. The lowest BCUT2D eigenvalue weighted by Crippen LogP contribution is -2.65. The molecule has 5 nitrogen and oxygen atoms in total. The van der Waals surface area contributed by atoms with Crippen molar-refractivity contribution in [3.63, 3.8) is 0 Å². The summed E-state index contributed by atoms with van der Waals surface area (Å²) in [5, 5.41) is 13.3. The summed E-state index contributed by atoms with van der Waals surface area (Å²) in [7, 11) is 0. The van der Waals surface area contributed by atoms with Crippen molar-refractivity contribution in [2.45, 2.75) is 63.8 Å². The number of ether oxygens (including phenoxy) is 1. The smallest absolute Gasteiger partial charge is 0.410 e. The molecular formula is C13H24N2O3. The lowest BCUT2D eigenvalue weighted by Gasteiger charge is -2.46. The van der Waals surface area contributed by atoms with E-state index >= 15 is 0 Å². The number of rotatable bonds is 0. The summed E-state index contributed by atoms with van der Waals surface area (Å²) in [6.45, 7) is 7.00. The van der Waals surface area contributed by atoms with Gasteiger partial charge in [0.25, 0.3) is 0 Å². The number of amides is 1. The highest BCUT2D eigenvalue weighted by Crippen LogP contribution is 2.27. The van der Waals surface area contributed by atoms with Gasteiger partial charge in [-0.25, -0.2) is 4.79 Å². The van der Waals surface area contributed by atoms with Gasteiger partial charge in [0.1, 0.15) is 5.60 Å². The quantitative estimate of drug-likeness (QED) is 0.681. The molecule has 104 valence electrons. The fraction of sp³-hybridized carbons (Fsp3) is 0.923. The highest BCUT2D eigenvalue weighted by molar-refractivity contribution is 5.69. The fourth-order valence-corrected chi connectivity index (χ4v) is 2.84. The summed E-state index contributed by atoms with van der Waals surface area (Å²) >= 11 is 0. The Bertz CT molecular complexity index is 314. The number of aliphatic hydroxyl groups is 1. The van der Waals surface area contributed by atoms with Crippen LogP contribution in [0.15, 0.2) is 0 Å². The van der Waals surface area contributed by atoms with Crippen molar-refractivity contribution >= 4 is 6.09 Å². The second-order valence-corrected chi connectivity index (χ2v) is 6.22. The van der Waals surface area contributed by atoms with Crippen molar-refractivity contribution < 1.29 is 14.6 Å². The molecule has 1 aliphatic heterocycles. The molecule has 0 aromatic heterocycles. The van der Waals surface area contributed by atoms with Gasteiger partial charge in [0.2, 0.25) is 0 Å². The molecule has 1 amide bonds. The monoisotopic (exact) mass is 256 g/mol. The molecule has 0 radical (unpaired) electrons. The fourth-order valence-electron chi connectivity index (χ4n) is 2.84. The highest BCUT2D eigenvalue weighted by atomic mass is 16.6. The topological polar surface area (TPSA) is 61.8 Å². The maximum Gasteiger partial charge on any atom is 0.410 e. The number of aliphatic hydroxyl groups excluding tert-OH is 1. The Balaban J connectivity index is 2.05. The van der Waals surface area contributed by atoms with Gasteiger partial charge < -0.3 is 20.1 Å². The third-order valence-corrected chi connectivity index (χ3v) is 3.59. The van der Waals surface area contributed by atoms with Gasteiger partial charge in [0, 0.05) is 13.1 Å². The van der Waals surface area contributed by atoms with E-state index in [1.165, 1.54) is 0 Å². The first-order valence-electron chi connectivity index (χ1n) is 6.79. The molecule has 1 saturated carbocycles. The van der Waals surface area contributed by atoms with Crippen molar-refractivity contribution in [1.82, 2.24) is 10.2 Å². The summed E-state index contributed by atoms with van der Waals surface area (Å²) in [5.41, 5.74) is -0.468. The number of carbonyl (C=O) groups excluding carboxylic acids is 1. The van der Waals surface area contributed by atoms with Gasteiger partial charge in [0.15, 0.2) is 0 Å². The molecule has 3 unspecified atom stereocenters. The molecule has 5 heteroatoms. The minimum absolute atomic E-state index is 0.0000170. The van der Waals surface area contributed by atoms with Crippen LogP contribution in [-0.2, 0) is 4.74 Å². The van der Waals surface area contributed by atoms with E-state index in [9.17, 15) is 9.90 Å². The first kappa shape index (κ1) is 13.6. The molecule has 0 bridgehead atoms. The van der Waals surface area contributed by atoms with Crippen LogP contribution in [-0.4, -0.2) is 53.0 Å². The van der Waals surface area contributed by atoms with E-state index in [0.717, 1.165) is 25.8 Å². The molecule has 1 saturated heterocycles. The van der Waals surface area contributed by atoms with E-state index in [1.54, 1.807) is 4.90 Å². The molecule has 3 atom stereocenters. The number of piperazine rings is 1. The molecule has 2 rings (SSSR count). The summed E-state index contributed by atoms with van der Waals surface area (Å²) in [4.78, 5) is 14.0. The van der Waals surface area contributed by atoms with Crippen LogP contribution in [0.4, 0.5) is 4.79 Å². The van der Waals surface area contributed by atoms with Crippen molar-refractivity contribution in [2.24, 2.45) is 0 Å². The van der Waals surface area contributed by atoms with Crippen LogP contribution in [0.5, 0.6) is 0 Å². The van der Waals surface area contributed by atoms with Crippen LogP contribution in [0.2, 0.25) is 0 Å². The maximum atomic E-state index is 12.2. The first-order valence-corrected chi connectivity index (χ1v) is 6.79. The lowest BCUT2D eigenvalue weighted by atomic mass is 9.85. The Labute approximate surface area is 108 Å². The van der Waals surface area contributed by atoms with Gasteiger partial charge in [-0.15, -0.1) is 0 Å². The van der Waals surface area contributed by atoms with E-state index < -0.39 is 5.60 Å². The van der Waals surface area contributed by atoms with Crippen LogP contribution >= 0.6 is 0 Å². The Morgan fingerprint density at radius 1 is 1.39 bits per heavy atom. The standard InChI is InChI=1S/C13H24N2O3/c1-13(2,3)18-12(17)15-8-7-14-11-9(15)5-4-6-10(11)16/h9-11,14,16H,4-8H2,1-3H3. The summed E-state index contributed by atoms with van der Waals surface area (Å²) in [6.07, 6.45) is 2.11. The highest BCUT2D eigenvalue weighted by Gasteiger charge is 2.41. The molecule has 1 heterocycles. The van der Waals surface area contributed by atoms with Crippen LogP contribution in [0.1, 0.15) is 40.0 Å². The predicted octanol–water partition coefficient (Wildman–Crippen LogP) is 1.11. The zero-order valence-electron chi connectivity index (χ0n) is 11.5. The number of fused-ring (bicyclic) bond motifs is 1. The Morgan fingerprint density at radius 2 is 2.11 bits per heavy atom. The van der Waals surface area contributed by atoms with E-state index in [-0.39, 0.29) is 24.3 Å². The average molecular weight is 256 g/mol. The van der Waals surface area contributed by atoms with Gasteiger partial charge >= 0.3 is 6.09 Å². The Kier molecular flexibility index (Phi) is 3.82. The number of hydrogen-bond donors (Lipinski definition) is 2. The minimum atomic E-state index is -0.468. The van der Waals surface area contributed by atoms with Crippen molar-refractivity contribution in [2.75, 3.05) is 13.1 Å². The van der Waals surface area contributed by atoms with Gasteiger partial charge in [0.05, 0.1) is 18.2 Å². The summed E-state index contributed by atoms with van der Waals surface area (Å²) < 4.78 is 5.44. The normalized spacial score (nSPS) is 32.9. The van der Waals surface area contributed by atoms with E-state index in [0.29, 0.717) is 6.54 Å². The number of nitrogens with one attached hydrogen (secondary N) is 1. The van der Waals surface area contributed by atoms with Gasteiger partial charge in [-0.3, -0.25) is 0 Å². The molecule has 18 heavy (non-hydrogen) atoms. The summed E-state index contributed by atoms with van der Waals surface area (Å²) in [5.74, 6) is 0. The van der Waals surface area contributed by atoms with Crippen LogP contribution in [0, 0.1) is 0 Å². The van der Waals surface area contributed by atoms with Crippen molar-refractivity contribution in [1.29, 1.82) is 0 Å². The van der Waals surface area contributed by atoms with Gasteiger partial charge in [-0.2, -0.15) is 0 Å². The van der Waals surface area contributed by atoms with Crippen molar-refractivity contribution in [3.05, 3.63) is 0 Å². The number of nitrogens with zero attached hydrogens (tertiary/aromatic N) is 1. The molecule has 0 aromatic rings. The number of carbonyl (C=O) groups is 1. The zero-order valence-corrected chi connectivity index (χ0v) is 11.5. The van der Waals surface area contributed by atoms with Gasteiger partial charge in [-0.1, -0.05) is 0 Å². The third-order valence-electron chi connectivity index (χ3n) is 3.59. The Hall–Kier alpha value is -0.810. The van der Waals surface area contributed by atoms with Crippen LogP contribution in [0.25, 0.3) is 0 Å². The SMILES string of the molecule is CC(C)(C)OC(=O)N1CCNC2C(O)CCCC21. The second kappa shape index (κ2) is 5.05. The van der Waals surface area contributed by atoms with E-state index in [1.807, 2.05) is 20.8 Å². The zero-order chi connectivity index (χ0) is 13.3. The largest absolute Gasteiger partial charge is 0.444 e. The maximum absolute atomic E-state index is 12.2. The minimum Gasteiger partial charge on any atom is -0.444 e. The molecule has 2 fully saturated rings. The molecule has 0 aromatic carbocycles. The summed E-state index contributed by atoms with van der Waals surface area (Å²) in [6, 6.07) is 0.0670. The van der Waals surface area contributed by atoms with E-state index in [2.05, 4.69) is 5.32 Å². The first-order chi connectivity index (χ1) is 8.38. The predicted molar refractivity (Wildman–Crippen MR) is 68.4 cm³/mol. The van der Waals surface area contributed by atoms with Crippen molar-refractivity contribution in [3.8, 4) is 0 Å². The molecule has 0 spiro atoms. The average Bonchev–Trinajstić information content (AvgIpc) is 2.26. The van der Waals surface area contributed by atoms with Crippen LogP contribution in [0.3, 0.4) is 0 Å². The lowest BCUT2D eigenvalue weighted by molar-refractivity contribution is -0.0235. The van der Waals surface area contributed by atoms with E-state index in [4.69, 9.17) is 4.74 Å². The second-order valence-electron chi connectivity index (χ2n) is 6.22. The molecule has 1 aliphatic carbocycles.